The van der Waals surface area contributed by atoms with Crippen LogP contribution in [-0.4, -0.2) is 48.6 Å². The number of hydrogen-bond acceptors (Lipinski definition) is 3. The van der Waals surface area contributed by atoms with E-state index in [1.807, 2.05) is 6.92 Å². The van der Waals surface area contributed by atoms with Crippen LogP contribution >= 0.6 is 0 Å². The second kappa shape index (κ2) is 6.64. The number of carbonyl (C=O) groups excluding carboxylic acids is 2. The van der Waals surface area contributed by atoms with E-state index in [0.29, 0.717) is 18.8 Å². The van der Waals surface area contributed by atoms with Crippen molar-refractivity contribution in [2.24, 2.45) is 11.7 Å². The number of rotatable bonds is 4. The van der Waals surface area contributed by atoms with Crippen molar-refractivity contribution in [2.45, 2.75) is 44.3 Å². The zero-order valence-corrected chi connectivity index (χ0v) is 12.3. The summed E-state index contributed by atoms with van der Waals surface area (Å²) in [7, 11) is 1.38. The van der Waals surface area contributed by atoms with Gasteiger partial charge in [0, 0.05) is 7.05 Å². The highest BCUT2D eigenvalue weighted by Gasteiger charge is 2.40. The molecule has 0 spiro atoms. The van der Waals surface area contributed by atoms with Crippen LogP contribution in [0.1, 0.15) is 32.6 Å². The van der Waals surface area contributed by atoms with Crippen LogP contribution < -0.4 is 11.1 Å². The number of nitrogens with two attached hydrogens (primary N) is 1. The van der Waals surface area contributed by atoms with E-state index in [4.69, 9.17) is 5.73 Å². The average Bonchev–Trinajstić information content (AvgIpc) is 2.34. The molecule has 1 aliphatic carbocycles. The fraction of sp³-hybridized carbons (Fsp3) is 0.846. The van der Waals surface area contributed by atoms with Gasteiger partial charge >= 0.3 is 6.18 Å². The van der Waals surface area contributed by atoms with Crippen molar-refractivity contribution in [3.63, 3.8) is 0 Å². The molecule has 0 aromatic carbocycles. The third-order valence-electron chi connectivity index (χ3n) is 3.67. The van der Waals surface area contributed by atoms with E-state index in [2.05, 4.69) is 0 Å². The van der Waals surface area contributed by atoms with Gasteiger partial charge in [-0.25, -0.2) is 0 Å². The van der Waals surface area contributed by atoms with Gasteiger partial charge in [-0.15, -0.1) is 0 Å². The predicted octanol–water partition coefficient (Wildman–Crippen LogP) is 1.03. The summed E-state index contributed by atoms with van der Waals surface area (Å²) in [6, 6.07) is 0. The zero-order chi connectivity index (χ0) is 16.3. The summed E-state index contributed by atoms with van der Waals surface area (Å²) in [5.74, 6) is -0.924. The topological polar surface area (TPSA) is 75.4 Å². The summed E-state index contributed by atoms with van der Waals surface area (Å²) < 4.78 is 36.0. The van der Waals surface area contributed by atoms with Crippen LogP contribution in [0.15, 0.2) is 0 Å². The predicted molar refractivity (Wildman–Crippen MR) is 71.3 cm³/mol. The van der Waals surface area contributed by atoms with Crippen molar-refractivity contribution in [2.75, 3.05) is 20.1 Å². The fourth-order valence-electron chi connectivity index (χ4n) is 2.71. The molecule has 2 unspecified atom stereocenters. The third-order valence-corrected chi connectivity index (χ3v) is 3.67. The molecule has 8 heteroatoms. The molecule has 1 aliphatic rings. The van der Waals surface area contributed by atoms with E-state index >= 15 is 0 Å². The molecule has 0 aromatic heterocycles. The molecular weight excluding hydrogens is 287 g/mol. The van der Waals surface area contributed by atoms with Gasteiger partial charge in [-0.05, 0) is 18.8 Å². The lowest BCUT2D eigenvalue weighted by Gasteiger charge is -2.37. The lowest BCUT2D eigenvalue weighted by atomic mass is 9.76. The monoisotopic (exact) mass is 309 g/mol. The first kappa shape index (κ1) is 17.7. The van der Waals surface area contributed by atoms with E-state index in [1.165, 1.54) is 7.05 Å². The van der Waals surface area contributed by atoms with E-state index in [0.717, 1.165) is 17.7 Å². The quantitative estimate of drug-likeness (QED) is 0.814. The maximum Gasteiger partial charge on any atom is 0.405 e. The van der Waals surface area contributed by atoms with Gasteiger partial charge in [0.15, 0.2) is 0 Å². The van der Waals surface area contributed by atoms with Gasteiger partial charge in [0.25, 0.3) is 0 Å². The summed E-state index contributed by atoms with van der Waals surface area (Å²) in [6.45, 7) is 0.172. The van der Waals surface area contributed by atoms with Crippen LogP contribution in [0, 0.1) is 5.92 Å². The molecule has 21 heavy (non-hydrogen) atoms. The summed E-state index contributed by atoms with van der Waals surface area (Å²) in [5.41, 5.74) is 5.09. The first-order valence-corrected chi connectivity index (χ1v) is 6.91. The minimum atomic E-state index is -4.47. The first-order chi connectivity index (χ1) is 9.53. The number of alkyl halides is 3. The first-order valence-electron chi connectivity index (χ1n) is 6.91. The Morgan fingerprint density at radius 1 is 1.43 bits per heavy atom. The van der Waals surface area contributed by atoms with E-state index in [1.54, 1.807) is 5.32 Å². The standard InChI is InChI=1S/C13H22F3N3O2/c1-9-4-3-5-12(17,6-9)11(21)19(2)7-10(20)18-8-13(14,15)16/h9H,3-8,17H2,1-2H3,(H,18,20). The highest BCUT2D eigenvalue weighted by molar-refractivity contribution is 5.90. The second-order valence-electron chi connectivity index (χ2n) is 5.91. The molecule has 0 bridgehead atoms. The highest BCUT2D eigenvalue weighted by Crippen LogP contribution is 2.31. The summed E-state index contributed by atoms with van der Waals surface area (Å²) in [4.78, 5) is 24.8. The van der Waals surface area contributed by atoms with Crippen molar-refractivity contribution in [3.8, 4) is 0 Å². The molecule has 0 aromatic rings. The zero-order valence-electron chi connectivity index (χ0n) is 12.3. The summed E-state index contributed by atoms with van der Waals surface area (Å²) in [5, 5.41) is 1.73. The smallest absolute Gasteiger partial charge is 0.345 e. The van der Waals surface area contributed by atoms with E-state index < -0.39 is 36.6 Å². The number of hydrogen-bond donors (Lipinski definition) is 2. The van der Waals surface area contributed by atoms with Crippen molar-refractivity contribution < 1.29 is 22.8 Å². The number of nitrogens with zero attached hydrogens (tertiary/aromatic N) is 1. The van der Waals surface area contributed by atoms with E-state index in [-0.39, 0.29) is 0 Å². The van der Waals surface area contributed by atoms with Crippen molar-refractivity contribution in [3.05, 3.63) is 0 Å². The van der Waals surface area contributed by atoms with Crippen LogP contribution in [0.3, 0.4) is 0 Å². The second-order valence-corrected chi connectivity index (χ2v) is 5.91. The molecule has 5 nitrogen and oxygen atoms in total. The molecule has 2 atom stereocenters. The normalized spacial score (nSPS) is 26.3. The summed E-state index contributed by atoms with van der Waals surface area (Å²) in [6.07, 6.45) is -1.57. The van der Waals surface area contributed by atoms with E-state index in [9.17, 15) is 22.8 Å². The van der Waals surface area contributed by atoms with Crippen LogP contribution in [0.4, 0.5) is 13.2 Å². The van der Waals surface area contributed by atoms with Gasteiger partial charge in [-0.1, -0.05) is 19.8 Å². The SMILES string of the molecule is CC1CCCC(N)(C(=O)N(C)CC(=O)NCC(F)(F)F)C1. The third kappa shape index (κ3) is 5.53. The Balaban J connectivity index is 2.52. The Morgan fingerprint density at radius 2 is 2.05 bits per heavy atom. The molecular formula is C13H22F3N3O2. The van der Waals surface area contributed by atoms with Crippen molar-refractivity contribution in [1.29, 1.82) is 0 Å². The van der Waals surface area contributed by atoms with Crippen molar-refractivity contribution in [1.82, 2.24) is 10.2 Å². The molecule has 0 heterocycles. The molecule has 0 radical (unpaired) electrons. The number of likely N-dealkylation sites (N-methyl/N-ethyl adjacent to an activating group) is 1. The molecule has 1 fully saturated rings. The Bertz CT molecular complexity index is 401. The molecule has 122 valence electrons. The Kier molecular flexibility index (Phi) is 5.61. The largest absolute Gasteiger partial charge is 0.405 e. The van der Waals surface area contributed by atoms with Gasteiger partial charge in [0.2, 0.25) is 11.8 Å². The Hall–Kier alpha value is -1.31. The minimum absolute atomic E-state index is 0.320. The highest BCUT2D eigenvalue weighted by atomic mass is 19.4. The number of amides is 2. The Morgan fingerprint density at radius 3 is 2.57 bits per heavy atom. The lowest BCUT2D eigenvalue weighted by Crippen LogP contribution is -2.57. The molecule has 0 saturated heterocycles. The van der Waals surface area contributed by atoms with Crippen LogP contribution in [0.25, 0.3) is 0 Å². The van der Waals surface area contributed by atoms with Gasteiger partial charge in [0.1, 0.15) is 6.54 Å². The van der Waals surface area contributed by atoms with Crippen LogP contribution in [-0.2, 0) is 9.59 Å². The molecule has 3 N–H and O–H groups in total. The van der Waals surface area contributed by atoms with Crippen molar-refractivity contribution >= 4 is 11.8 Å². The number of nitrogens with one attached hydrogen (secondary N) is 1. The number of carbonyl (C=O) groups is 2. The van der Waals surface area contributed by atoms with Gasteiger partial charge < -0.3 is 16.0 Å². The van der Waals surface area contributed by atoms with Gasteiger partial charge in [-0.2, -0.15) is 13.2 Å². The molecule has 1 rings (SSSR count). The molecule has 2 amide bonds. The van der Waals surface area contributed by atoms with Gasteiger partial charge in [0.05, 0.1) is 12.1 Å². The van der Waals surface area contributed by atoms with Crippen LogP contribution in [0.2, 0.25) is 0 Å². The maximum atomic E-state index is 12.3. The summed E-state index contributed by atoms with van der Waals surface area (Å²) >= 11 is 0. The Labute approximate surface area is 122 Å². The van der Waals surface area contributed by atoms with Crippen LogP contribution in [0.5, 0.6) is 0 Å². The number of halogens is 3. The fourth-order valence-corrected chi connectivity index (χ4v) is 2.71. The average molecular weight is 309 g/mol. The minimum Gasteiger partial charge on any atom is -0.345 e. The lowest BCUT2D eigenvalue weighted by molar-refractivity contribution is -0.144. The molecule has 0 aliphatic heterocycles. The molecule has 1 saturated carbocycles. The van der Waals surface area contributed by atoms with Gasteiger partial charge in [-0.3, -0.25) is 9.59 Å². The maximum absolute atomic E-state index is 12.3.